The molecule has 1 heterocycles. The van der Waals surface area contributed by atoms with Crippen molar-refractivity contribution < 1.29 is 9.26 Å². The van der Waals surface area contributed by atoms with Crippen molar-refractivity contribution in [3.05, 3.63) is 5.82 Å². The van der Waals surface area contributed by atoms with E-state index in [1.165, 1.54) is 0 Å². The van der Waals surface area contributed by atoms with E-state index in [9.17, 15) is 0 Å². The van der Waals surface area contributed by atoms with Crippen LogP contribution >= 0.6 is 0 Å². The zero-order valence-corrected chi connectivity index (χ0v) is 5.70. The zero-order valence-electron chi connectivity index (χ0n) is 5.70. The lowest BCUT2D eigenvalue weighted by Gasteiger charge is -1.91. The normalized spacial score (nSPS) is 10.1. The molecule has 10 heavy (non-hydrogen) atoms. The number of hydrogen-bond acceptors (Lipinski definition) is 5. The average molecular weight is 143 g/mol. The Labute approximate surface area is 58.2 Å². The van der Waals surface area contributed by atoms with Crippen LogP contribution in [-0.2, 0) is 11.3 Å². The van der Waals surface area contributed by atoms with Gasteiger partial charge in [-0.15, -0.1) is 0 Å². The van der Waals surface area contributed by atoms with E-state index in [1.54, 1.807) is 0 Å². The maximum atomic E-state index is 5.15. The maximum absolute atomic E-state index is 5.15. The molecule has 0 saturated carbocycles. The van der Waals surface area contributed by atoms with Crippen molar-refractivity contribution in [2.45, 2.75) is 13.5 Å². The molecule has 5 heteroatoms. The lowest BCUT2D eigenvalue weighted by Crippen LogP contribution is -1.94. The Balaban J connectivity index is 2.42. The Morgan fingerprint density at radius 3 is 3.00 bits per heavy atom. The van der Waals surface area contributed by atoms with Crippen LogP contribution in [0.3, 0.4) is 0 Å². The number of nitrogens with zero attached hydrogens (tertiary/aromatic N) is 2. The van der Waals surface area contributed by atoms with Crippen molar-refractivity contribution in [3.8, 4) is 0 Å². The van der Waals surface area contributed by atoms with Gasteiger partial charge in [0.05, 0.1) is 0 Å². The standard InChI is InChI=1S/C5H9N3O2/c1-2-9-3-4-7-5(6)10-8-4/h2-3H2,1H3,(H2,6,7,8). The molecule has 1 aromatic rings. The van der Waals surface area contributed by atoms with Gasteiger partial charge in [-0.05, 0) is 6.92 Å². The fourth-order valence-corrected chi connectivity index (χ4v) is 0.519. The van der Waals surface area contributed by atoms with Crippen LogP contribution in [0.5, 0.6) is 0 Å². The third kappa shape index (κ3) is 1.70. The number of nitrogen functional groups attached to an aromatic ring is 1. The predicted octanol–water partition coefficient (Wildman–Crippen LogP) is 0.188. The summed E-state index contributed by atoms with van der Waals surface area (Å²) in [6, 6.07) is 0.0784. The molecule has 0 saturated heterocycles. The number of rotatable bonds is 3. The summed E-state index contributed by atoms with van der Waals surface area (Å²) in [5.41, 5.74) is 5.15. The Morgan fingerprint density at radius 2 is 2.50 bits per heavy atom. The highest BCUT2D eigenvalue weighted by atomic mass is 16.5. The minimum Gasteiger partial charge on any atom is -0.374 e. The van der Waals surface area contributed by atoms with Crippen molar-refractivity contribution in [3.63, 3.8) is 0 Å². The van der Waals surface area contributed by atoms with E-state index in [-0.39, 0.29) is 6.01 Å². The highest BCUT2D eigenvalue weighted by Crippen LogP contribution is 1.98. The second kappa shape index (κ2) is 3.17. The van der Waals surface area contributed by atoms with Gasteiger partial charge >= 0.3 is 6.01 Å². The molecular formula is C5H9N3O2. The number of ether oxygens (including phenoxy) is 1. The van der Waals surface area contributed by atoms with Gasteiger partial charge in [-0.2, -0.15) is 4.98 Å². The molecular weight excluding hydrogens is 134 g/mol. The van der Waals surface area contributed by atoms with Crippen molar-refractivity contribution >= 4 is 6.01 Å². The summed E-state index contributed by atoms with van der Waals surface area (Å²) in [5, 5.41) is 3.52. The Morgan fingerprint density at radius 1 is 1.70 bits per heavy atom. The molecule has 0 amide bonds. The van der Waals surface area contributed by atoms with Gasteiger partial charge in [-0.1, -0.05) is 5.16 Å². The van der Waals surface area contributed by atoms with Crippen LogP contribution in [0.4, 0.5) is 6.01 Å². The first kappa shape index (κ1) is 7.01. The smallest absolute Gasteiger partial charge is 0.318 e. The van der Waals surface area contributed by atoms with Crippen LogP contribution in [0.2, 0.25) is 0 Å². The van der Waals surface area contributed by atoms with E-state index in [1.807, 2.05) is 6.92 Å². The molecule has 0 atom stereocenters. The molecule has 0 aliphatic carbocycles. The minimum absolute atomic E-state index is 0.0784. The van der Waals surface area contributed by atoms with Gasteiger partial charge in [0, 0.05) is 6.61 Å². The molecule has 0 aromatic carbocycles. The van der Waals surface area contributed by atoms with Gasteiger partial charge in [-0.3, -0.25) is 0 Å². The second-order valence-electron chi connectivity index (χ2n) is 1.69. The Kier molecular flexibility index (Phi) is 2.22. The molecule has 1 aromatic heterocycles. The molecule has 0 fully saturated rings. The molecule has 0 spiro atoms. The average Bonchev–Trinajstić information content (AvgIpc) is 2.31. The number of aromatic nitrogens is 2. The summed E-state index contributed by atoms with van der Waals surface area (Å²) >= 11 is 0. The van der Waals surface area contributed by atoms with E-state index in [0.29, 0.717) is 19.0 Å². The third-order valence-electron chi connectivity index (χ3n) is 0.919. The molecule has 2 N–H and O–H groups in total. The number of nitrogens with two attached hydrogens (primary N) is 1. The van der Waals surface area contributed by atoms with E-state index < -0.39 is 0 Å². The molecule has 0 aliphatic heterocycles. The predicted molar refractivity (Wildman–Crippen MR) is 34.0 cm³/mol. The minimum atomic E-state index is 0.0784. The molecule has 0 bridgehead atoms. The molecule has 0 unspecified atom stereocenters. The zero-order chi connectivity index (χ0) is 7.40. The molecule has 0 radical (unpaired) electrons. The van der Waals surface area contributed by atoms with Crippen molar-refractivity contribution in [1.82, 2.24) is 10.1 Å². The summed E-state index contributed by atoms with van der Waals surface area (Å²) in [6.07, 6.45) is 0. The summed E-state index contributed by atoms with van der Waals surface area (Å²) in [7, 11) is 0. The number of anilines is 1. The first-order valence-corrected chi connectivity index (χ1v) is 2.98. The van der Waals surface area contributed by atoms with E-state index in [4.69, 9.17) is 10.5 Å². The Hall–Kier alpha value is -1.10. The van der Waals surface area contributed by atoms with E-state index >= 15 is 0 Å². The molecule has 0 aliphatic rings. The van der Waals surface area contributed by atoms with Crippen LogP contribution in [0, 0.1) is 0 Å². The third-order valence-corrected chi connectivity index (χ3v) is 0.919. The fraction of sp³-hybridized carbons (Fsp3) is 0.600. The largest absolute Gasteiger partial charge is 0.374 e. The van der Waals surface area contributed by atoms with Gasteiger partial charge in [0.25, 0.3) is 0 Å². The topological polar surface area (TPSA) is 74.2 Å². The first-order valence-electron chi connectivity index (χ1n) is 2.98. The monoisotopic (exact) mass is 143 g/mol. The van der Waals surface area contributed by atoms with Crippen molar-refractivity contribution in [2.75, 3.05) is 12.3 Å². The highest BCUT2D eigenvalue weighted by molar-refractivity contribution is 5.06. The van der Waals surface area contributed by atoms with Crippen molar-refractivity contribution in [1.29, 1.82) is 0 Å². The van der Waals surface area contributed by atoms with Crippen LogP contribution in [0.25, 0.3) is 0 Å². The molecule has 56 valence electrons. The van der Waals surface area contributed by atoms with Gasteiger partial charge in [0.2, 0.25) is 0 Å². The van der Waals surface area contributed by atoms with Gasteiger partial charge in [-0.25, -0.2) is 0 Å². The fourth-order valence-electron chi connectivity index (χ4n) is 0.519. The van der Waals surface area contributed by atoms with Crippen LogP contribution in [0.15, 0.2) is 4.52 Å². The quantitative estimate of drug-likeness (QED) is 0.653. The lowest BCUT2D eigenvalue weighted by atomic mass is 10.7. The molecule has 5 nitrogen and oxygen atoms in total. The summed E-state index contributed by atoms with van der Waals surface area (Å²) in [4.78, 5) is 3.72. The molecule has 1 rings (SSSR count). The number of hydrogen-bond donors (Lipinski definition) is 1. The van der Waals surface area contributed by atoms with Gasteiger partial charge in [0.1, 0.15) is 6.61 Å². The summed E-state index contributed by atoms with van der Waals surface area (Å²) in [5.74, 6) is 0.486. The van der Waals surface area contributed by atoms with Gasteiger partial charge < -0.3 is 15.0 Å². The van der Waals surface area contributed by atoms with E-state index in [0.717, 1.165) is 0 Å². The highest BCUT2D eigenvalue weighted by Gasteiger charge is 2.00. The maximum Gasteiger partial charge on any atom is 0.318 e. The first-order chi connectivity index (χ1) is 4.83. The van der Waals surface area contributed by atoms with Crippen LogP contribution < -0.4 is 5.73 Å². The summed E-state index contributed by atoms with van der Waals surface area (Å²) < 4.78 is 9.49. The Bertz CT molecular complexity index is 199. The van der Waals surface area contributed by atoms with Gasteiger partial charge in [0.15, 0.2) is 5.82 Å². The summed E-state index contributed by atoms with van der Waals surface area (Å²) in [6.45, 7) is 2.88. The van der Waals surface area contributed by atoms with E-state index in [2.05, 4.69) is 14.7 Å². The second-order valence-corrected chi connectivity index (χ2v) is 1.69. The van der Waals surface area contributed by atoms with Crippen LogP contribution in [0.1, 0.15) is 12.7 Å². The van der Waals surface area contributed by atoms with Crippen molar-refractivity contribution in [2.24, 2.45) is 0 Å². The SMILES string of the molecule is CCOCc1noc(N)n1. The van der Waals surface area contributed by atoms with Crippen LogP contribution in [-0.4, -0.2) is 16.7 Å². The lowest BCUT2D eigenvalue weighted by molar-refractivity contribution is 0.126.